The Morgan fingerprint density at radius 1 is 0.367 bits per heavy atom. The van der Waals surface area contributed by atoms with Gasteiger partial charge in [0, 0.05) is 10.8 Å². The highest BCUT2D eigenvalue weighted by Crippen LogP contribution is 2.44. The number of benzene rings is 9. The van der Waals surface area contributed by atoms with Gasteiger partial charge in [-0.1, -0.05) is 148 Å². The third-order valence-electron chi connectivity index (χ3n) is 10.6. The topological polar surface area (TPSA) is 13.1 Å². The quantitative estimate of drug-likeness (QED) is 0.178. The van der Waals surface area contributed by atoms with E-state index in [1.54, 1.807) is 0 Å². The number of rotatable bonds is 3. The van der Waals surface area contributed by atoms with Crippen LogP contribution in [0.4, 0.5) is 0 Å². The molecule has 1 heterocycles. The van der Waals surface area contributed by atoms with Crippen molar-refractivity contribution in [2.45, 2.75) is 26.2 Å². The Hall–Kier alpha value is -5.92. The van der Waals surface area contributed by atoms with Crippen LogP contribution in [-0.4, -0.2) is 0 Å². The summed E-state index contributed by atoms with van der Waals surface area (Å²) in [5.41, 5.74) is 10.6. The molecule has 9 aromatic carbocycles. The molecule has 0 aliphatic rings. The minimum atomic E-state index is 0.128. The van der Waals surface area contributed by atoms with Gasteiger partial charge in [-0.3, -0.25) is 0 Å². The van der Waals surface area contributed by atoms with E-state index in [1.807, 2.05) is 0 Å². The largest absolute Gasteiger partial charge is 0.456 e. The summed E-state index contributed by atoms with van der Waals surface area (Å²) < 4.78 is 6.61. The molecule has 0 saturated carbocycles. The molecule has 0 aliphatic heterocycles. The lowest BCUT2D eigenvalue weighted by molar-refractivity contribution is 0.590. The highest BCUT2D eigenvalue weighted by atomic mass is 16.3. The highest BCUT2D eigenvalue weighted by Gasteiger charge is 2.18. The smallest absolute Gasteiger partial charge is 0.136 e. The molecule has 0 radical (unpaired) electrons. The molecule has 1 nitrogen and oxygen atoms in total. The van der Waals surface area contributed by atoms with Gasteiger partial charge in [-0.05, 0) is 112 Å². The van der Waals surface area contributed by atoms with Crippen molar-refractivity contribution in [2.24, 2.45) is 0 Å². The number of hydrogen-bond acceptors (Lipinski definition) is 1. The molecule has 0 fully saturated rings. The summed E-state index contributed by atoms with van der Waals surface area (Å²) in [6.07, 6.45) is 0. The summed E-state index contributed by atoms with van der Waals surface area (Å²) in [6.45, 7) is 6.81. The van der Waals surface area contributed by atoms with Gasteiger partial charge in [-0.15, -0.1) is 0 Å². The van der Waals surface area contributed by atoms with Crippen LogP contribution >= 0.6 is 0 Å². The van der Waals surface area contributed by atoms with E-state index in [1.165, 1.54) is 76.5 Å². The highest BCUT2D eigenvalue weighted by molar-refractivity contribution is 6.27. The van der Waals surface area contributed by atoms with Crippen molar-refractivity contribution < 1.29 is 4.42 Å². The van der Waals surface area contributed by atoms with Crippen LogP contribution in [0.25, 0.3) is 98.4 Å². The molecule has 0 N–H and O–H groups in total. The van der Waals surface area contributed by atoms with Gasteiger partial charge in [0.2, 0.25) is 0 Å². The van der Waals surface area contributed by atoms with Crippen LogP contribution in [0, 0.1) is 0 Å². The first kappa shape index (κ1) is 28.1. The second-order valence-corrected chi connectivity index (χ2v) is 14.5. The van der Waals surface area contributed by atoms with E-state index in [4.69, 9.17) is 4.42 Å². The van der Waals surface area contributed by atoms with Crippen LogP contribution in [0.2, 0.25) is 0 Å². The number of furan rings is 1. The Kier molecular flexibility index (Phi) is 5.91. The van der Waals surface area contributed by atoms with Crippen LogP contribution in [0.15, 0.2) is 156 Å². The molecule has 49 heavy (non-hydrogen) atoms. The lowest BCUT2D eigenvalue weighted by Crippen LogP contribution is -2.10. The first-order chi connectivity index (χ1) is 23.9. The molecule has 0 unspecified atom stereocenters. The van der Waals surface area contributed by atoms with Gasteiger partial charge in [-0.2, -0.15) is 0 Å². The van der Waals surface area contributed by atoms with E-state index in [9.17, 15) is 0 Å². The van der Waals surface area contributed by atoms with Crippen LogP contribution < -0.4 is 0 Å². The Bertz CT molecular complexity index is 2890. The van der Waals surface area contributed by atoms with Crippen molar-refractivity contribution in [1.29, 1.82) is 0 Å². The fourth-order valence-electron chi connectivity index (χ4n) is 8.04. The van der Waals surface area contributed by atoms with Crippen LogP contribution in [0.5, 0.6) is 0 Å². The minimum Gasteiger partial charge on any atom is -0.456 e. The molecule has 0 atom stereocenters. The monoisotopic (exact) mass is 626 g/mol. The van der Waals surface area contributed by atoms with Gasteiger partial charge in [0.05, 0.1) is 0 Å². The SMILES string of the molecule is CC(C)(C)c1ccc(-c2ccc3ccc4c(-c5ccc6c(c5)oc5cc(-c7cccc8ccccc78)ccc56)ccc5ccc2c3c54)cc1. The molecule has 0 aliphatic carbocycles. The summed E-state index contributed by atoms with van der Waals surface area (Å²) in [5.74, 6) is 0. The summed E-state index contributed by atoms with van der Waals surface area (Å²) in [5, 5.41) is 12.5. The molecule has 1 aromatic heterocycles. The first-order valence-corrected chi connectivity index (χ1v) is 17.2. The second kappa shape index (κ2) is 10.3. The standard InChI is InChI=1S/C48H34O/c1-48(2,3)35-19-11-30(12-20-35)38-21-13-31-16-26-43-39(22-14-32-15-25-42(38)46(31)47(32)43)34-18-24-41-40-23-17-33(27-44(40)49-45(41)28-34)37-10-6-8-29-7-4-5-9-36(29)37/h4-28H,1-3H3. The maximum atomic E-state index is 6.61. The van der Waals surface area contributed by atoms with Gasteiger partial charge >= 0.3 is 0 Å². The molecule has 0 spiro atoms. The lowest BCUT2D eigenvalue weighted by Gasteiger charge is -2.20. The molecule has 10 rings (SSSR count). The minimum absolute atomic E-state index is 0.128. The average molecular weight is 627 g/mol. The zero-order valence-electron chi connectivity index (χ0n) is 27.8. The van der Waals surface area contributed by atoms with Crippen molar-refractivity contribution in [1.82, 2.24) is 0 Å². The van der Waals surface area contributed by atoms with Crippen molar-refractivity contribution >= 4 is 65.0 Å². The maximum absolute atomic E-state index is 6.61. The molecule has 232 valence electrons. The van der Waals surface area contributed by atoms with Crippen LogP contribution in [-0.2, 0) is 5.41 Å². The van der Waals surface area contributed by atoms with Crippen molar-refractivity contribution in [2.75, 3.05) is 0 Å². The van der Waals surface area contributed by atoms with E-state index in [2.05, 4.69) is 172 Å². The Morgan fingerprint density at radius 3 is 1.47 bits per heavy atom. The van der Waals surface area contributed by atoms with E-state index < -0.39 is 0 Å². The zero-order valence-corrected chi connectivity index (χ0v) is 27.8. The van der Waals surface area contributed by atoms with Crippen molar-refractivity contribution in [3.8, 4) is 33.4 Å². The fraction of sp³-hybridized carbons (Fsp3) is 0.0833. The van der Waals surface area contributed by atoms with E-state index >= 15 is 0 Å². The van der Waals surface area contributed by atoms with Crippen LogP contribution in [0.3, 0.4) is 0 Å². The van der Waals surface area contributed by atoms with Gasteiger partial charge < -0.3 is 4.42 Å². The Balaban J connectivity index is 1.11. The molecule has 0 saturated heterocycles. The molecular formula is C48H34O. The van der Waals surface area contributed by atoms with E-state index in [0.717, 1.165) is 27.5 Å². The third kappa shape index (κ3) is 4.32. The molecule has 0 bridgehead atoms. The average Bonchev–Trinajstić information content (AvgIpc) is 3.50. The Labute approximate surface area is 285 Å². The summed E-state index contributed by atoms with van der Waals surface area (Å²) in [4.78, 5) is 0. The first-order valence-electron chi connectivity index (χ1n) is 17.2. The second-order valence-electron chi connectivity index (χ2n) is 14.5. The Morgan fingerprint density at radius 2 is 0.857 bits per heavy atom. The molecule has 0 amide bonds. The molecular weight excluding hydrogens is 593 g/mol. The number of hydrogen-bond donors (Lipinski definition) is 0. The maximum Gasteiger partial charge on any atom is 0.136 e. The molecule has 1 heteroatoms. The van der Waals surface area contributed by atoms with Crippen LogP contribution in [0.1, 0.15) is 26.3 Å². The third-order valence-corrected chi connectivity index (χ3v) is 10.6. The predicted molar refractivity (Wildman–Crippen MR) is 210 cm³/mol. The molecule has 10 aromatic rings. The van der Waals surface area contributed by atoms with Gasteiger partial charge in [-0.25, -0.2) is 0 Å². The van der Waals surface area contributed by atoms with Crippen molar-refractivity contribution in [3.63, 3.8) is 0 Å². The lowest BCUT2D eigenvalue weighted by atomic mass is 9.85. The zero-order chi connectivity index (χ0) is 32.9. The normalized spacial score (nSPS) is 12.4. The van der Waals surface area contributed by atoms with E-state index in [0.29, 0.717) is 0 Å². The summed E-state index contributed by atoms with van der Waals surface area (Å²) in [7, 11) is 0. The van der Waals surface area contributed by atoms with Gasteiger partial charge in [0.25, 0.3) is 0 Å². The summed E-state index contributed by atoms with van der Waals surface area (Å²) >= 11 is 0. The van der Waals surface area contributed by atoms with E-state index in [-0.39, 0.29) is 5.41 Å². The van der Waals surface area contributed by atoms with Gasteiger partial charge in [0.1, 0.15) is 11.2 Å². The predicted octanol–water partition coefficient (Wildman–Crippen LogP) is 13.9. The fourth-order valence-corrected chi connectivity index (χ4v) is 8.04. The number of fused-ring (bicyclic) bond motifs is 4. The summed E-state index contributed by atoms with van der Waals surface area (Å²) in [6, 6.07) is 55.8. The van der Waals surface area contributed by atoms with Gasteiger partial charge in [0.15, 0.2) is 0 Å². The van der Waals surface area contributed by atoms with Crippen molar-refractivity contribution in [3.05, 3.63) is 157 Å².